The van der Waals surface area contributed by atoms with Crippen LogP contribution in [0.3, 0.4) is 0 Å². The van der Waals surface area contributed by atoms with E-state index >= 15 is 0 Å². The first-order valence-electron chi connectivity index (χ1n) is 7.04. The highest BCUT2D eigenvalue weighted by atomic mass is 79.9. The Morgan fingerprint density at radius 2 is 1.62 bits per heavy atom. The van der Waals surface area contributed by atoms with E-state index in [9.17, 15) is 0 Å². The number of halogens is 3. The molecule has 0 bridgehead atoms. The zero-order valence-corrected chi connectivity index (χ0v) is 16.4. The van der Waals surface area contributed by atoms with Crippen LogP contribution in [0, 0.1) is 0 Å². The molecule has 1 atom stereocenters. The van der Waals surface area contributed by atoms with Crippen molar-refractivity contribution < 1.29 is 0 Å². The van der Waals surface area contributed by atoms with Crippen molar-refractivity contribution in [3.8, 4) is 0 Å². The minimum atomic E-state index is 0.171. The Balaban J connectivity index is 2.27. The summed E-state index contributed by atoms with van der Waals surface area (Å²) < 4.78 is 0.926. The molecule has 0 heterocycles. The second-order valence-corrected chi connectivity index (χ2v) is 8.07. The maximum atomic E-state index is 6.06. The van der Waals surface area contributed by atoms with Gasteiger partial charge in [-0.1, -0.05) is 78.6 Å². The molecule has 21 heavy (non-hydrogen) atoms. The highest BCUT2D eigenvalue weighted by molar-refractivity contribution is 9.10. The van der Waals surface area contributed by atoms with Gasteiger partial charge in [-0.25, -0.2) is 0 Å². The second kappa shape index (κ2) is 6.85. The largest absolute Gasteiger partial charge is 0.0831 e. The molecule has 112 valence electrons. The number of alkyl halides is 1. The van der Waals surface area contributed by atoms with E-state index < -0.39 is 0 Å². The fraction of sp³-hybridized carbons (Fsp3) is 0.333. The molecule has 0 aromatic heterocycles. The molecule has 0 fully saturated rings. The third-order valence-corrected chi connectivity index (χ3v) is 6.38. The van der Waals surface area contributed by atoms with Crippen LogP contribution in [-0.4, -0.2) is 0 Å². The lowest BCUT2D eigenvalue weighted by molar-refractivity contribution is 0.506. The van der Waals surface area contributed by atoms with Crippen LogP contribution in [0.15, 0.2) is 46.9 Å². The molecule has 0 aliphatic heterocycles. The number of hydrogen-bond acceptors (Lipinski definition) is 0. The first kappa shape index (κ1) is 17.1. The van der Waals surface area contributed by atoms with Gasteiger partial charge in [-0.3, -0.25) is 0 Å². The van der Waals surface area contributed by atoms with Gasteiger partial charge in [0, 0.05) is 4.47 Å². The summed E-state index contributed by atoms with van der Waals surface area (Å²) in [6.07, 6.45) is 1.13. The monoisotopic (exact) mass is 428 g/mol. The number of benzene rings is 2. The molecule has 2 rings (SSSR count). The number of hydrogen-bond donors (Lipinski definition) is 0. The molecule has 0 spiro atoms. The lowest BCUT2D eigenvalue weighted by Crippen LogP contribution is -2.15. The molecule has 0 aliphatic rings. The normalized spacial score (nSPS) is 13.2. The molecule has 2 aromatic carbocycles. The average molecular weight is 431 g/mol. The summed E-state index contributed by atoms with van der Waals surface area (Å²) in [6, 6.07) is 14.9. The van der Waals surface area contributed by atoms with Crippen molar-refractivity contribution in [1.29, 1.82) is 0 Å². The third-order valence-electron chi connectivity index (χ3n) is 4.11. The van der Waals surface area contributed by atoms with Crippen LogP contribution in [0.2, 0.25) is 5.02 Å². The van der Waals surface area contributed by atoms with Crippen molar-refractivity contribution in [2.45, 2.75) is 37.4 Å². The van der Waals surface area contributed by atoms with Crippen LogP contribution >= 0.6 is 43.5 Å². The summed E-state index contributed by atoms with van der Waals surface area (Å²) in [6.45, 7) is 6.79. The van der Waals surface area contributed by atoms with Gasteiger partial charge in [-0.2, -0.15) is 0 Å². The SMILES string of the molecule is CCC(C)(C)c1ccc(C(Br)c2ccc(Cl)c(Br)c2)cc1. The van der Waals surface area contributed by atoms with Gasteiger partial charge in [-0.05, 0) is 56.6 Å². The van der Waals surface area contributed by atoms with Crippen molar-refractivity contribution in [3.63, 3.8) is 0 Å². The third kappa shape index (κ3) is 3.91. The molecule has 0 saturated carbocycles. The summed E-state index contributed by atoms with van der Waals surface area (Å²) >= 11 is 13.3. The lowest BCUT2D eigenvalue weighted by atomic mass is 9.82. The van der Waals surface area contributed by atoms with E-state index in [0.29, 0.717) is 0 Å². The van der Waals surface area contributed by atoms with Crippen molar-refractivity contribution in [3.05, 3.63) is 68.7 Å². The van der Waals surface area contributed by atoms with Gasteiger partial charge in [0.1, 0.15) is 0 Å². The molecule has 3 heteroatoms. The van der Waals surface area contributed by atoms with Gasteiger partial charge in [-0.15, -0.1) is 0 Å². The van der Waals surface area contributed by atoms with Gasteiger partial charge in [0.05, 0.1) is 9.85 Å². The summed E-state index contributed by atoms with van der Waals surface area (Å²) in [4.78, 5) is 0.171. The van der Waals surface area contributed by atoms with E-state index in [0.717, 1.165) is 15.9 Å². The summed E-state index contributed by atoms with van der Waals surface area (Å²) in [5, 5.41) is 0.735. The quantitative estimate of drug-likeness (QED) is 0.447. The summed E-state index contributed by atoms with van der Waals surface area (Å²) in [5.74, 6) is 0. The topological polar surface area (TPSA) is 0 Å². The maximum Gasteiger partial charge on any atom is 0.0645 e. The predicted octanol–water partition coefficient (Wildman–Crippen LogP) is 7.27. The zero-order valence-electron chi connectivity index (χ0n) is 12.5. The molecule has 0 aliphatic carbocycles. The summed E-state index contributed by atoms with van der Waals surface area (Å²) in [5.41, 5.74) is 4.04. The van der Waals surface area contributed by atoms with E-state index in [4.69, 9.17) is 11.6 Å². The molecular weight excluding hydrogens is 411 g/mol. The van der Waals surface area contributed by atoms with Gasteiger partial charge >= 0.3 is 0 Å². The van der Waals surface area contributed by atoms with Gasteiger partial charge in [0.15, 0.2) is 0 Å². The fourth-order valence-corrected chi connectivity index (χ4v) is 3.27. The van der Waals surface area contributed by atoms with E-state index in [1.165, 1.54) is 16.7 Å². The Morgan fingerprint density at radius 3 is 2.14 bits per heavy atom. The molecule has 1 unspecified atom stereocenters. The molecule has 0 saturated heterocycles. The molecule has 0 nitrogen and oxygen atoms in total. The Hall–Kier alpha value is -0.310. The van der Waals surface area contributed by atoms with Gasteiger partial charge < -0.3 is 0 Å². The highest BCUT2D eigenvalue weighted by Crippen LogP contribution is 2.35. The Labute approximate surface area is 149 Å². The average Bonchev–Trinajstić information content (AvgIpc) is 2.49. The Morgan fingerprint density at radius 1 is 1.05 bits per heavy atom. The van der Waals surface area contributed by atoms with Gasteiger partial charge in [0.25, 0.3) is 0 Å². The minimum absolute atomic E-state index is 0.171. The van der Waals surface area contributed by atoms with E-state index in [1.54, 1.807) is 0 Å². The van der Waals surface area contributed by atoms with Crippen molar-refractivity contribution in [1.82, 2.24) is 0 Å². The lowest BCUT2D eigenvalue weighted by Gasteiger charge is -2.24. The Bertz CT molecular complexity index is 618. The van der Waals surface area contributed by atoms with Crippen molar-refractivity contribution in [2.24, 2.45) is 0 Å². The molecule has 0 amide bonds. The zero-order chi connectivity index (χ0) is 15.6. The molecular formula is C18H19Br2Cl. The van der Waals surface area contributed by atoms with Crippen LogP contribution in [-0.2, 0) is 5.41 Å². The Kier molecular flexibility index (Phi) is 5.56. The van der Waals surface area contributed by atoms with E-state index in [2.05, 4.69) is 89.0 Å². The van der Waals surface area contributed by atoms with E-state index in [1.807, 2.05) is 6.07 Å². The fourth-order valence-electron chi connectivity index (χ4n) is 2.17. The first-order valence-corrected chi connectivity index (χ1v) is 9.13. The van der Waals surface area contributed by atoms with Crippen LogP contribution in [0.25, 0.3) is 0 Å². The molecule has 2 aromatic rings. The van der Waals surface area contributed by atoms with Crippen LogP contribution in [0.1, 0.15) is 48.7 Å². The van der Waals surface area contributed by atoms with Crippen LogP contribution in [0.4, 0.5) is 0 Å². The van der Waals surface area contributed by atoms with Crippen LogP contribution in [0.5, 0.6) is 0 Å². The summed E-state index contributed by atoms with van der Waals surface area (Å²) in [7, 11) is 0. The van der Waals surface area contributed by atoms with Crippen LogP contribution < -0.4 is 0 Å². The van der Waals surface area contributed by atoms with Gasteiger partial charge in [0.2, 0.25) is 0 Å². The van der Waals surface area contributed by atoms with E-state index in [-0.39, 0.29) is 10.2 Å². The number of rotatable bonds is 4. The second-order valence-electron chi connectivity index (χ2n) is 5.90. The maximum absolute atomic E-state index is 6.06. The first-order chi connectivity index (χ1) is 9.85. The van der Waals surface area contributed by atoms with Crippen molar-refractivity contribution in [2.75, 3.05) is 0 Å². The smallest absolute Gasteiger partial charge is 0.0645 e. The standard InChI is InChI=1S/C18H19Br2Cl/c1-4-18(2,3)14-8-5-12(6-9-14)17(20)13-7-10-16(21)15(19)11-13/h5-11,17H,4H2,1-3H3. The predicted molar refractivity (Wildman–Crippen MR) is 99.7 cm³/mol. The molecule has 0 radical (unpaired) electrons. The molecule has 0 N–H and O–H groups in total. The highest BCUT2D eigenvalue weighted by Gasteiger charge is 2.18. The van der Waals surface area contributed by atoms with Crippen molar-refractivity contribution >= 4 is 43.5 Å². The minimum Gasteiger partial charge on any atom is -0.0831 e.